The maximum absolute atomic E-state index is 6.05. The first-order valence-electron chi connectivity index (χ1n) is 7.40. The molecule has 0 aromatic carbocycles. The fraction of sp³-hybridized carbons (Fsp3) is 1.00. The first-order chi connectivity index (χ1) is 8.36. The van der Waals surface area contributed by atoms with Crippen LogP contribution in [0.25, 0.3) is 0 Å². The maximum atomic E-state index is 6.05. The van der Waals surface area contributed by atoms with Gasteiger partial charge in [0.15, 0.2) is 0 Å². The summed E-state index contributed by atoms with van der Waals surface area (Å²) in [6, 6.07) is 1.31. The monoisotopic (exact) mass is 240 g/mol. The zero-order valence-electron chi connectivity index (χ0n) is 11.2. The molecule has 0 saturated carbocycles. The number of hydrogen-bond donors (Lipinski definition) is 1. The highest BCUT2D eigenvalue weighted by Crippen LogP contribution is 2.27. The Balaban J connectivity index is 2.03. The molecule has 0 radical (unpaired) electrons. The molecule has 0 aliphatic carbocycles. The first kappa shape index (κ1) is 13.3. The van der Waals surface area contributed by atoms with E-state index >= 15 is 0 Å². The summed E-state index contributed by atoms with van der Waals surface area (Å²) in [5.74, 6) is 0.673. The van der Waals surface area contributed by atoms with Crippen molar-refractivity contribution in [3.8, 4) is 0 Å². The molecular formula is C14H28N2O. The Hall–Kier alpha value is -0.120. The van der Waals surface area contributed by atoms with Crippen LogP contribution in [0, 0.1) is 5.92 Å². The molecule has 2 saturated heterocycles. The molecule has 2 fully saturated rings. The van der Waals surface area contributed by atoms with Gasteiger partial charge in [-0.15, -0.1) is 0 Å². The molecule has 2 aliphatic heterocycles. The van der Waals surface area contributed by atoms with Gasteiger partial charge in [0.2, 0.25) is 0 Å². The molecule has 3 heteroatoms. The normalized spacial score (nSPS) is 33.5. The molecular weight excluding hydrogens is 212 g/mol. The molecule has 2 aliphatic rings. The summed E-state index contributed by atoms with van der Waals surface area (Å²) in [6.45, 7) is 6.23. The summed E-state index contributed by atoms with van der Waals surface area (Å²) in [7, 11) is 0. The van der Waals surface area contributed by atoms with Gasteiger partial charge in [0, 0.05) is 31.2 Å². The SMILES string of the molecule is CCC1CCCCCN1C(CN)C1CCOC1. The number of rotatable bonds is 4. The third-order valence-corrected chi connectivity index (χ3v) is 4.57. The Kier molecular flexibility index (Phi) is 5.26. The van der Waals surface area contributed by atoms with Crippen molar-refractivity contribution in [2.75, 3.05) is 26.3 Å². The standard InChI is InChI=1S/C14H28N2O/c1-2-13-6-4-3-5-8-16(13)14(10-15)12-7-9-17-11-12/h12-14H,2-11,15H2,1H3. The summed E-state index contributed by atoms with van der Waals surface area (Å²) < 4.78 is 5.55. The zero-order valence-corrected chi connectivity index (χ0v) is 11.2. The molecule has 2 heterocycles. The van der Waals surface area contributed by atoms with E-state index in [1.165, 1.54) is 45.1 Å². The summed E-state index contributed by atoms with van der Waals surface area (Å²) in [6.07, 6.45) is 7.97. The van der Waals surface area contributed by atoms with E-state index in [1.807, 2.05) is 0 Å². The lowest BCUT2D eigenvalue weighted by Crippen LogP contribution is -2.50. The predicted octanol–water partition coefficient (Wildman–Crippen LogP) is 2.00. The van der Waals surface area contributed by atoms with Crippen molar-refractivity contribution >= 4 is 0 Å². The quantitative estimate of drug-likeness (QED) is 0.817. The molecule has 3 atom stereocenters. The average Bonchev–Trinajstić information content (AvgIpc) is 2.76. The topological polar surface area (TPSA) is 38.5 Å². The van der Waals surface area contributed by atoms with E-state index in [-0.39, 0.29) is 0 Å². The molecule has 0 aromatic heterocycles. The van der Waals surface area contributed by atoms with Crippen molar-refractivity contribution in [3.63, 3.8) is 0 Å². The fourth-order valence-electron chi connectivity index (χ4n) is 3.53. The van der Waals surface area contributed by atoms with Crippen molar-refractivity contribution < 1.29 is 4.74 Å². The fourth-order valence-corrected chi connectivity index (χ4v) is 3.53. The molecule has 0 aromatic rings. The highest BCUT2D eigenvalue weighted by atomic mass is 16.5. The minimum Gasteiger partial charge on any atom is -0.381 e. The average molecular weight is 240 g/mol. The molecule has 3 nitrogen and oxygen atoms in total. The van der Waals surface area contributed by atoms with E-state index in [0.717, 1.165) is 25.8 Å². The van der Waals surface area contributed by atoms with Crippen LogP contribution in [0.1, 0.15) is 45.4 Å². The molecule has 0 spiro atoms. The second kappa shape index (κ2) is 6.72. The molecule has 17 heavy (non-hydrogen) atoms. The van der Waals surface area contributed by atoms with E-state index in [0.29, 0.717) is 12.0 Å². The minimum absolute atomic E-state index is 0.556. The Labute approximate surface area is 106 Å². The van der Waals surface area contributed by atoms with Crippen LogP contribution in [0.3, 0.4) is 0 Å². The van der Waals surface area contributed by atoms with Crippen LogP contribution in [-0.4, -0.2) is 43.3 Å². The highest BCUT2D eigenvalue weighted by Gasteiger charge is 2.33. The van der Waals surface area contributed by atoms with Gasteiger partial charge < -0.3 is 10.5 Å². The number of nitrogens with zero attached hydrogens (tertiary/aromatic N) is 1. The first-order valence-corrected chi connectivity index (χ1v) is 7.40. The van der Waals surface area contributed by atoms with E-state index in [9.17, 15) is 0 Å². The van der Waals surface area contributed by atoms with Gasteiger partial charge in [0.1, 0.15) is 0 Å². The van der Waals surface area contributed by atoms with Crippen LogP contribution in [0.5, 0.6) is 0 Å². The highest BCUT2D eigenvalue weighted by molar-refractivity contribution is 4.87. The van der Waals surface area contributed by atoms with E-state index in [1.54, 1.807) is 0 Å². The van der Waals surface area contributed by atoms with Crippen LogP contribution in [-0.2, 0) is 4.74 Å². The molecule has 2 N–H and O–H groups in total. The Morgan fingerprint density at radius 3 is 2.82 bits per heavy atom. The third kappa shape index (κ3) is 3.21. The molecule has 0 bridgehead atoms. The van der Waals surface area contributed by atoms with Crippen LogP contribution in [0.4, 0.5) is 0 Å². The Bertz CT molecular complexity index is 216. The van der Waals surface area contributed by atoms with E-state index in [4.69, 9.17) is 10.5 Å². The van der Waals surface area contributed by atoms with Crippen molar-refractivity contribution in [1.29, 1.82) is 0 Å². The number of nitrogens with two attached hydrogens (primary N) is 1. The van der Waals surface area contributed by atoms with Crippen LogP contribution >= 0.6 is 0 Å². The van der Waals surface area contributed by atoms with Crippen molar-refractivity contribution in [3.05, 3.63) is 0 Å². The van der Waals surface area contributed by atoms with Gasteiger partial charge >= 0.3 is 0 Å². The van der Waals surface area contributed by atoms with Crippen molar-refractivity contribution in [2.45, 2.75) is 57.5 Å². The molecule has 3 unspecified atom stereocenters. The predicted molar refractivity (Wildman–Crippen MR) is 71.0 cm³/mol. The van der Waals surface area contributed by atoms with Gasteiger partial charge in [-0.2, -0.15) is 0 Å². The van der Waals surface area contributed by atoms with Gasteiger partial charge in [-0.1, -0.05) is 19.8 Å². The summed E-state index contributed by atoms with van der Waals surface area (Å²) in [4.78, 5) is 2.71. The second-order valence-electron chi connectivity index (χ2n) is 5.58. The Morgan fingerprint density at radius 2 is 2.18 bits per heavy atom. The van der Waals surface area contributed by atoms with E-state index < -0.39 is 0 Å². The number of hydrogen-bond acceptors (Lipinski definition) is 3. The summed E-state index contributed by atoms with van der Waals surface area (Å²) >= 11 is 0. The van der Waals surface area contributed by atoms with Crippen molar-refractivity contribution in [2.24, 2.45) is 11.7 Å². The lowest BCUT2D eigenvalue weighted by atomic mass is 9.95. The second-order valence-corrected chi connectivity index (χ2v) is 5.58. The third-order valence-electron chi connectivity index (χ3n) is 4.57. The van der Waals surface area contributed by atoms with Gasteiger partial charge in [0.25, 0.3) is 0 Å². The molecule has 100 valence electrons. The number of ether oxygens (including phenoxy) is 1. The Morgan fingerprint density at radius 1 is 1.29 bits per heavy atom. The largest absolute Gasteiger partial charge is 0.381 e. The van der Waals surface area contributed by atoms with Crippen LogP contribution in [0.15, 0.2) is 0 Å². The maximum Gasteiger partial charge on any atom is 0.0510 e. The summed E-state index contributed by atoms with van der Waals surface area (Å²) in [5, 5.41) is 0. The van der Waals surface area contributed by atoms with Crippen LogP contribution < -0.4 is 5.73 Å². The smallest absolute Gasteiger partial charge is 0.0510 e. The van der Waals surface area contributed by atoms with Gasteiger partial charge in [-0.3, -0.25) is 4.90 Å². The van der Waals surface area contributed by atoms with Gasteiger partial charge in [-0.25, -0.2) is 0 Å². The zero-order chi connectivity index (χ0) is 12.1. The van der Waals surface area contributed by atoms with E-state index in [2.05, 4.69) is 11.8 Å². The molecule has 2 rings (SSSR count). The lowest BCUT2D eigenvalue weighted by Gasteiger charge is -2.39. The van der Waals surface area contributed by atoms with Gasteiger partial charge in [0.05, 0.1) is 6.61 Å². The minimum atomic E-state index is 0.556. The van der Waals surface area contributed by atoms with Gasteiger partial charge in [-0.05, 0) is 32.2 Å². The van der Waals surface area contributed by atoms with Crippen LogP contribution in [0.2, 0.25) is 0 Å². The number of likely N-dealkylation sites (tertiary alicyclic amines) is 1. The summed E-state index contributed by atoms with van der Waals surface area (Å²) in [5.41, 5.74) is 6.05. The lowest BCUT2D eigenvalue weighted by molar-refractivity contribution is 0.0843. The molecule has 0 amide bonds. The van der Waals surface area contributed by atoms with Crippen molar-refractivity contribution in [1.82, 2.24) is 4.90 Å².